The number of thiazole rings is 1. The minimum Gasteiger partial charge on any atom is -0.492 e. The highest BCUT2D eigenvalue weighted by atomic mass is 32.1. The van der Waals surface area contributed by atoms with E-state index < -0.39 is 0 Å². The molecule has 6 nitrogen and oxygen atoms in total. The standard InChI is InChI=1S/C25H28FN5OS/c1-16(2)18-8-10-19(11-9-18)22(23-24(32)31-25(33-23)27-17(3)28-31)30-14-12-29(13-15-30)21-7-5-4-6-20(21)26/h4-11,16,22,32H,12-15H2,1-3H3/t22-/m1/s1. The molecule has 0 amide bonds. The van der Waals surface area contributed by atoms with Gasteiger partial charge < -0.3 is 10.0 Å². The van der Waals surface area contributed by atoms with Gasteiger partial charge in [-0.2, -0.15) is 4.52 Å². The summed E-state index contributed by atoms with van der Waals surface area (Å²) in [6.45, 7) is 9.10. The van der Waals surface area contributed by atoms with Gasteiger partial charge in [-0.25, -0.2) is 9.37 Å². The van der Waals surface area contributed by atoms with Gasteiger partial charge in [-0.3, -0.25) is 4.90 Å². The highest BCUT2D eigenvalue weighted by molar-refractivity contribution is 7.17. The Bertz CT molecular complexity index is 1260. The number of aryl methyl sites for hydroxylation is 1. The molecule has 1 fully saturated rings. The number of hydrogen-bond donors (Lipinski definition) is 1. The molecule has 0 aliphatic carbocycles. The van der Waals surface area contributed by atoms with Crippen LogP contribution in [0.4, 0.5) is 10.1 Å². The van der Waals surface area contributed by atoms with E-state index >= 15 is 0 Å². The van der Waals surface area contributed by atoms with Crippen LogP contribution in [0.2, 0.25) is 0 Å². The van der Waals surface area contributed by atoms with E-state index in [1.165, 1.54) is 27.5 Å². The van der Waals surface area contributed by atoms with Crippen LogP contribution in [0, 0.1) is 12.7 Å². The van der Waals surface area contributed by atoms with Crippen molar-refractivity contribution in [2.45, 2.75) is 32.7 Å². The molecule has 2 aromatic heterocycles. The Labute approximate surface area is 196 Å². The maximum absolute atomic E-state index is 14.3. The van der Waals surface area contributed by atoms with Crippen LogP contribution in [0.5, 0.6) is 5.88 Å². The SMILES string of the molecule is Cc1nc2sc([C@@H](c3ccc(C(C)C)cc3)N3CCN(c4ccccc4F)CC3)c(O)n2n1. The maximum atomic E-state index is 14.3. The molecule has 2 aromatic carbocycles. The van der Waals surface area contributed by atoms with Crippen LogP contribution < -0.4 is 4.90 Å². The van der Waals surface area contributed by atoms with Crippen LogP contribution in [0.1, 0.15) is 47.6 Å². The van der Waals surface area contributed by atoms with Crippen molar-refractivity contribution >= 4 is 22.0 Å². The first-order chi connectivity index (χ1) is 15.9. The number of benzene rings is 2. The van der Waals surface area contributed by atoms with E-state index in [-0.39, 0.29) is 17.7 Å². The van der Waals surface area contributed by atoms with Gasteiger partial charge in [-0.1, -0.05) is 61.6 Å². The Morgan fingerprint density at radius 3 is 2.27 bits per heavy atom. The van der Waals surface area contributed by atoms with E-state index in [4.69, 9.17) is 0 Å². The monoisotopic (exact) mass is 465 g/mol. The lowest BCUT2D eigenvalue weighted by atomic mass is 9.97. The molecule has 1 atom stereocenters. The second kappa shape index (κ2) is 8.76. The van der Waals surface area contributed by atoms with Crippen LogP contribution in [0.3, 0.4) is 0 Å². The van der Waals surface area contributed by atoms with Crippen LogP contribution >= 0.6 is 11.3 Å². The summed E-state index contributed by atoms with van der Waals surface area (Å²) < 4.78 is 15.9. The molecule has 1 N–H and O–H groups in total. The van der Waals surface area contributed by atoms with Crippen LogP contribution in [0.15, 0.2) is 48.5 Å². The van der Waals surface area contributed by atoms with E-state index in [0.29, 0.717) is 35.5 Å². The second-order valence-electron chi connectivity index (χ2n) is 8.84. The van der Waals surface area contributed by atoms with Gasteiger partial charge in [0, 0.05) is 26.2 Å². The minimum absolute atomic E-state index is 0.122. The van der Waals surface area contributed by atoms with E-state index in [1.54, 1.807) is 6.07 Å². The van der Waals surface area contributed by atoms with Gasteiger partial charge in [-0.05, 0) is 36.1 Å². The predicted octanol–water partition coefficient (Wildman–Crippen LogP) is 4.98. The lowest BCUT2D eigenvalue weighted by molar-refractivity contribution is 0.210. The van der Waals surface area contributed by atoms with Gasteiger partial charge in [0.1, 0.15) is 11.6 Å². The molecule has 5 rings (SSSR count). The first-order valence-corrected chi connectivity index (χ1v) is 12.1. The minimum atomic E-state index is -0.189. The molecule has 33 heavy (non-hydrogen) atoms. The van der Waals surface area contributed by atoms with Crippen molar-refractivity contribution in [3.05, 3.63) is 76.2 Å². The third-order valence-corrected chi connectivity index (χ3v) is 7.42. The molecule has 0 bridgehead atoms. The lowest BCUT2D eigenvalue weighted by Crippen LogP contribution is -2.48. The Hall–Kier alpha value is -2.97. The number of anilines is 1. The summed E-state index contributed by atoms with van der Waals surface area (Å²) >= 11 is 1.48. The highest BCUT2D eigenvalue weighted by Crippen LogP contribution is 2.40. The zero-order valence-electron chi connectivity index (χ0n) is 19.1. The first-order valence-electron chi connectivity index (χ1n) is 11.3. The predicted molar refractivity (Wildman–Crippen MR) is 130 cm³/mol. The van der Waals surface area contributed by atoms with E-state index in [2.05, 4.69) is 58.0 Å². The van der Waals surface area contributed by atoms with Crippen LogP contribution in [0.25, 0.3) is 4.96 Å². The highest BCUT2D eigenvalue weighted by Gasteiger charge is 2.32. The van der Waals surface area contributed by atoms with Crippen molar-refractivity contribution < 1.29 is 9.50 Å². The molecule has 3 heterocycles. The van der Waals surface area contributed by atoms with Crippen molar-refractivity contribution in [2.24, 2.45) is 0 Å². The molecule has 8 heteroatoms. The Morgan fingerprint density at radius 2 is 1.64 bits per heavy atom. The molecule has 0 unspecified atom stereocenters. The molecule has 172 valence electrons. The van der Waals surface area contributed by atoms with Gasteiger partial charge in [0.05, 0.1) is 16.6 Å². The number of piperazine rings is 1. The molecule has 1 aliphatic heterocycles. The fourth-order valence-electron chi connectivity index (χ4n) is 4.55. The normalized spacial score (nSPS) is 16.1. The molecule has 1 saturated heterocycles. The summed E-state index contributed by atoms with van der Waals surface area (Å²) in [4.78, 5) is 10.4. The average Bonchev–Trinajstić information content (AvgIpc) is 3.32. The summed E-state index contributed by atoms with van der Waals surface area (Å²) in [7, 11) is 0. The quantitative estimate of drug-likeness (QED) is 0.451. The largest absolute Gasteiger partial charge is 0.492 e. The molecular weight excluding hydrogens is 437 g/mol. The van der Waals surface area contributed by atoms with E-state index in [9.17, 15) is 9.50 Å². The number of aromatic hydroxyl groups is 1. The van der Waals surface area contributed by atoms with Crippen LogP contribution in [-0.4, -0.2) is 50.8 Å². The summed E-state index contributed by atoms with van der Waals surface area (Å²) in [5, 5.41) is 15.4. The van der Waals surface area contributed by atoms with E-state index in [1.807, 2.05) is 19.1 Å². The third-order valence-electron chi connectivity index (χ3n) is 6.35. The van der Waals surface area contributed by atoms with Gasteiger partial charge in [0.25, 0.3) is 0 Å². The maximum Gasteiger partial charge on any atom is 0.230 e. The lowest BCUT2D eigenvalue weighted by Gasteiger charge is -2.40. The summed E-state index contributed by atoms with van der Waals surface area (Å²) in [6, 6.07) is 15.5. The molecule has 0 saturated carbocycles. The molecule has 4 aromatic rings. The molecule has 0 spiro atoms. The smallest absolute Gasteiger partial charge is 0.230 e. The molecule has 0 radical (unpaired) electrons. The fourth-order valence-corrected chi connectivity index (χ4v) is 5.71. The van der Waals surface area contributed by atoms with Gasteiger partial charge in [-0.15, -0.1) is 5.10 Å². The van der Waals surface area contributed by atoms with Crippen molar-refractivity contribution in [3.8, 4) is 5.88 Å². The van der Waals surface area contributed by atoms with Crippen molar-refractivity contribution in [3.63, 3.8) is 0 Å². The summed E-state index contributed by atoms with van der Waals surface area (Å²) in [5.41, 5.74) is 3.05. The van der Waals surface area contributed by atoms with Crippen LogP contribution in [-0.2, 0) is 0 Å². The van der Waals surface area contributed by atoms with Gasteiger partial charge >= 0.3 is 0 Å². The fraction of sp³-hybridized carbons (Fsp3) is 0.360. The second-order valence-corrected chi connectivity index (χ2v) is 9.85. The van der Waals surface area contributed by atoms with Gasteiger partial charge in [0.2, 0.25) is 10.8 Å². The number of fused-ring (bicyclic) bond motifs is 1. The van der Waals surface area contributed by atoms with E-state index in [0.717, 1.165) is 23.5 Å². The first kappa shape index (κ1) is 21.9. The van der Waals surface area contributed by atoms with Gasteiger partial charge in [0.15, 0.2) is 0 Å². The Morgan fingerprint density at radius 1 is 0.970 bits per heavy atom. The molecular formula is C25H28FN5OS. The summed E-state index contributed by atoms with van der Waals surface area (Å²) in [6.07, 6.45) is 0. The molecule has 1 aliphatic rings. The Balaban J connectivity index is 1.48. The number of hydrogen-bond acceptors (Lipinski definition) is 6. The number of halogens is 1. The third kappa shape index (κ3) is 4.09. The summed E-state index contributed by atoms with van der Waals surface area (Å²) in [5.74, 6) is 1.04. The zero-order valence-corrected chi connectivity index (χ0v) is 19.9. The van der Waals surface area contributed by atoms with Crippen molar-refractivity contribution in [2.75, 3.05) is 31.1 Å². The topological polar surface area (TPSA) is 56.9 Å². The Kier molecular flexibility index (Phi) is 5.80. The van der Waals surface area contributed by atoms with Crippen molar-refractivity contribution in [1.29, 1.82) is 0 Å². The zero-order chi connectivity index (χ0) is 23.1. The number of nitrogens with zero attached hydrogens (tertiary/aromatic N) is 5. The average molecular weight is 466 g/mol. The van der Waals surface area contributed by atoms with Crippen molar-refractivity contribution in [1.82, 2.24) is 19.5 Å². The number of rotatable bonds is 5. The number of aromatic nitrogens is 3. The number of para-hydroxylation sites is 1.